The van der Waals surface area contributed by atoms with Gasteiger partial charge in [0.1, 0.15) is 6.61 Å². The number of rotatable bonds is 28. The number of carbonyl (C=O) groups excluding carboxylic acids is 1. The number of amides is 1. The minimum atomic E-state index is -1.46. The van der Waals surface area contributed by atoms with Crippen molar-refractivity contribution in [1.82, 2.24) is 5.32 Å². The molecule has 47 heavy (non-hydrogen) atoms. The number of carbonyl (C=O) groups is 1. The van der Waals surface area contributed by atoms with Crippen LogP contribution in [0.1, 0.15) is 23.5 Å². The molecule has 264 valence electrons. The first-order valence-corrected chi connectivity index (χ1v) is 20.1. The largest absolute Gasteiger partial charge is 0.449 e. The van der Waals surface area contributed by atoms with Gasteiger partial charge >= 0.3 is 6.09 Å². The molecule has 0 bridgehead atoms. The van der Waals surface area contributed by atoms with Crippen LogP contribution in [0.4, 0.5) is 4.79 Å². The van der Waals surface area contributed by atoms with Crippen LogP contribution < -0.4 is 5.32 Å². The van der Waals surface area contributed by atoms with Gasteiger partial charge in [-0.15, -0.1) is 0 Å². The van der Waals surface area contributed by atoms with Crippen molar-refractivity contribution >= 4 is 14.4 Å². The average Bonchev–Trinajstić information content (AvgIpc) is 3.38. The Bertz CT molecular complexity index is 1070. The fraction of sp³-hybridized carbons (Fsp3) is 0.629. The molecule has 0 aliphatic heterocycles. The predicted molar refractivity (Wildman–Crippen MR) is 183 cm³/mol. The summed E-state index contributed by atoms with van der Waals surface area (Å²) in [5.74, 6) is 0.0552. The zero-order chi connectivity index (χ0) is 33.4. The lowest BCUT2D eigenvalue weighted by Crippen LogP contribution is -2.27. The first-order chi connectivity index (χ1) is 23.0. The van der Waals surface area contributed by atoms with Gasteiger partial charge in [-0.1, -0.05) is 48.5 Å². The summed E-state index contributed by atoms with van der Waals surface area (Å²) in [5.41, 5.74) is 4.82. The molecule has 0 atom stereocenters. The zero-order valence-corrected chi connectivity index (χ0v) is 29.5. The molecular formula is C35H55NO10Si. The van der Waals surface area contributed by atoms with Gasteiger partial charge in [0.2, 0.25) is 0 Å². The molecule has 0 saturated carbocycles. The highest BCUT2D eigenvalue weighted by molar-refractivity contribution is 6.69. The molecule has 0 aromatic heterocycles. The molecule has 0 spiro atoms. The Balaban J connectivity index is 1.00. The number of hydrogen-bond donors (Lipinski definition) is 1. The Morgan fingerprint density at radius 2 is 0.957 bits per heavy atom. The van der Waals surface area contributed by atoms with Crippen LogP contribution >= 0.6 is 0 Å². The molecule has 0 unspecified atom stereocenters. The third-order valence-electron chi connectivity index (χ3n) is 7.07. The van der Waals surface area contributed by atoms with Crippen LogP contribution in [0.2, 0.25) is 19.6 Å². The van der Waals surface area contributed by atoms with Crippen LogP contribution in [0.15, 0.2) is 48.5 Å². The van der Waals surface area contributed by atoms with Crippen LogP contribution in [-0.2, 0) is 42.3 Å². The van der Waals surface area contributed by atoms with Gasteiger partial charge in [-0.2, -0.15) is 0 Å². The van der Waals surface area contributed by atoms with Gasteiger partial charge in [-0.25, -0.2) is 4.79 Å². The highest BCUT2D eigenvalue weighted by Gasteiger charge is 2.28. The summed E-state index contributed by atoms with van der Waals surface area (Å²) < 4.78 is 49.8. The number of hydrogen-bond acceptors (Lipinski definition) is 10. The molecule has 0 saturated heterocycles. The monoisotopic (exact) mass is 677 g/mol. The van der Waals surface area contributed by atoms with Crippen LogP contribution in [0.3, 0.4) is 0 Å². The second-order valence-electron chi connectivity index (χ2n) is 11.9. The number of benzene rings is 2. The smallest absolute Gasteiger partial charge is 0.407 e. The fourth-order valence-electron chi connectivity index (χ4n) is 4.84. The summed E-state index contributed by atoms with van der Waals surface area (Å²) in [7, 11) is -1.46. The van der Waals surface area contributed by atoms with E-state index in [-0.39, 0.29) is 5.92 Å². The molecule has 0 radical (unpaired) electrons. The van der Waals surface area contributed by atoms with Gasteiger partial charge in [-0.3, -0.25) is 0 Å². The van der Waals surface area contributed by atoms with Crippen molar-refractivity contribution in [3.05, 3.63) is 59.7 Å². The molecule has 2 aromatic carbocycles. The van der Waals surface area contributed by atoms with Crippen molar-refractivity contribution in [2.24, 2.45) is 0 Å². The second kappa shape index (κ2) is 23.9. The molecule has 11 nitrogen and oxygen atoms in total. The van der Waals surface area contributed by atoms with Crippen molar-refractivity contribution in [3.8, 4) is 11.1 Å². The van der Waals surface area contributed by atoms with E-state index in [2.05, 4.69) is 49.2 Å². The molecule has 1 amide bonds. The van der Waals surface area contributed by atoms with Crippen molar-refractivity contribution < 1.29 is 47.1 Å². The lowest BCUT2D eigenvalue weighted by atomic mass is 9.98. The third-order valence-corrected chi connectivity index (χ3v) is 8.14. The van der Waals surface area contributed by atoms with E-state index in [0.29, 0.717) is 119 Å². The highest BCUT2D eigenvalue weighted by atomic mass is 28.4. The van der Waals surface area contributed by atoms with Gasteiger partial charge < -0.3 is 47.6 Å². The topological polar surface area (TPSA) is 112 Å². The third kappa shape index (κ3) is 17.0. The maximum Gasteiger partial charge on any atom is 0.407 e. The van der Waals surface area contributed by atoms with Gasteiger partial charge in [0.15, 0.2) is 8.32 Å². The Labute approximate surface area is 281 Å². The Morgan fingerprint density at radius 1 is 0.574 bits per heavy atom. The summed E-state index contributed by atoms with van der Waals surface area (Å²) in [6.07, 6.45) is 0.281. The van der Waals surface area contributed by atoms with Crippen LogP contribution in [0.5, 0.6) is 0 Å². The number of fused-ring (bicyclic) bond motifs is 3. The quantitative estimate of drug-likeness (QED) is 0.0988. The minimum absolute atomic E-state index is 0.0552. The summed E-state index contributed by atoms with van der Waals surface area (Å²) in [4.78, 5) is 12.2. The van der Waals surface area contributed by atoms with E-state index in [4.69, 9.17) is 42.3 Å². The average molecular weight is 678 g/mol. The van der Waals surface area contributed by atoms with Gasteiger partial charge in [0.25, 0.3) is 0 Å². The second-order valence-corrected chi connectivity index (χ2v) is 16.4. The van der Waals surface area contributed by atoms with E-state index in [1.807, 2.05) is 24.3 Å². The van der Waals surface area contributed by atoms with E-state index >= 15 is 0 Å². The van der Waals surface area contributed by atoms with Crippen molar-refractivity contribution in [2.45, 2.75) is 32.0 Å². The summed E-state index contributed by atoms with van der Waals surface area (Å²) in [5, 5.41) is 2.81. The van der Waals surface area contributed by atoms with Gasteiger partial charge in [0.05, 0.1) is 92.5 Å². The molecule has 1 aliphatic carbocycles. The summed E-state index contributed by atoms with van der Waals surface area (Å²) in [6.45, 7) is 15.2. The Morgan fingerprint density at radius 3 is 1.38 bits per heavy atom. The standard InChI is InChI=1S/C35H55NO10Si/c1-47(2,3)46-28-27-44-26-25-43-24-23-42-22-21-41-20-19-40-18-17-39-16-15-38-14-8-13-36-35(37)45-29-34-32-11-6-4-9-30(32)31-10-5-7-12-33(31)34/h4-7,9-12,34H,8,13-29H2,1-3H3,(H,36,37). The molecule has 12 heteroatoms. The molecule has 0 fully saturated rings. The van der Waals surface area contributed by atoms with E-state index in [1.54, 1.807) is 0 Å². The van der Waals surface area contributed by atoms with E-state index < -0.39 is 14.4 Å². The minimum Gasteiger partial charge on any atom is -0.449 e. The SMILES string of the molecule is C[Si](C)(C)OCCOCCOCCOCCOCCOCCOCCOCCCNC(=O)OCC1c2ccccc2-c2ccccc21. The Kier molecular flexibility index (Phi) is 19.8. The normalized spacial score (nSPS) is 12.7. The summed E-state index contributed by atoms with van der Waals surface area (Å²) >= 11 is 0. The van der Waals surface area contributed by atoms with Crippen LogP contribution in [-0.4, -0.2) is 127 Å². The molecule has 1 N–H and O–H groups in total. The lowest BCUT2D eigenvalue weighted by molar-refractivity contribution is -0.0213. The molecule has 2 aromatic rings. The fourth-order valence-corrected chi connectivity index (χ4v) is 5.54. The van der Waals surface area contributed by atoms with E-state index in [1.165, 1.54) is 22.3 Å². The van der Waals surface area contributed by atoms with Crippen molar-refractivity contribution in [1.29, 1.82) is 0 Å². The van der Waals surface area contributed by atoms with Crippen molar-refractivity contribution in [3.63, 3.8) is 0 Å². The molecule has 0 heterocycles. The first kappa shape index (κ1) is 39.0. The lowest BCUT2D eigenvalue weighted by Gasteiger charge is -2.16. The predicted octanol–water partition coefficient (Wildman–Crippen LogP) is 4.88. The Hall–Kier alpha value is -2.39. The molecule has 3 rings (SSSR count). The summed E-state index contributed by atoms with van der Waals surface area (Å²) in [6, 6.07) is 16.6. The van der Waals surface area contributed by atoms with E-state index in [0.717, 1.165) is 0 Å². The molecule has 1 aliphatic rings. The first-order valence-electron chi connectivity index (χ1n) is 16.7. The van der Waals surface area contributed by atoms with Crippen LogP contribution in [0, 0.1) is 0 Å². The number of nitrogens with one attached hydrogen (secondary N) is 1. The number of alkyl carbamates (subject to hydrolysis) is 1. The van der Waals surface area contributed by atoms with Crippen molar-refractivity contribution in [2.75, 3.05) is 112 Å². The van der Waals surface area contributed by atoms with Gasteiger partial charge in [-0.05, 0) is 48.3 Å². The highest BCUT2D eigenvalue weighted by Crippen LogP contribution is 2.44. The zero-order valence-electron chi connectivity index (χ0n) is 28.5. The maximum atomic E-state index is 12.2. The van der Waals surface area contributed by atoms with Crippen LogP contribution in [0.25, 0.3) is 11.1 Å². The molecular weight excluding hydrogens is 622 g/mol. The maximum absolute atomic E-state index is 12.2. The van der Waals surface area contributed by atoms with Gasteiger partial charge in [0, 0.05) is 19.1 Å². The van der Waals surface area contributed by atoms with E-state index in [9.17, 15) is 4.79 Å². The number of ether oxygens (including phenoxy) is 8.